The molecule has 1 aromatic rings. The maximum absolute atomic E-state index is 12.0. The van der Waals surface area contributed by atoms with Gasteiger partial charge in [0.25, 0.3) is 11.1 Å². The zero-order valence-corrected chi connectivity index (χ0v) is 13.2. The second-order valence-electron chi connectivity index (χ2n) is 4.34. The predicted octanol–water partition coefficient (Wildman–Crippen LogP) is 2.18. The maximum atomic E-state index is 12.0. The second-order valence-corrected chi connectivity index (χ2v) is 6.12. The highest BCUT2D eigenvalue weighted by atomic mass is 79.9. The molecule has 1 saturated heterocycles. The molecule has 0 spiro atoms. The van der Waals surface area contributed by atoms with Crippen LogP contribution >= 0.6 is 27.7 Å². The minimum absolute atomic E-state index is 0.191. The number of thioether (sulfide) groups is 1. The third-order valence-corrected chi connectivity index (χ3v) is 4.38. The van der Waals surface area contributed by atoms with Gasteiger partial charge in [0, 0.05) is 17.6 Å². The van der Waals surface area contributed by atoms with Crippen molar-refractivity contribution in [1.82, 2.24) is 10.2 Å². The van der Waals surface area contributed by atoms with E-state index in [4.69, 9.17) is 0 Å². The normalized spacial score (nSPS) is 14.8. The highest BCUT2D eigenvalue weighted by Gasteiger charge is 2.29. The summed E-state index contributed by atoms with van der Waals surface area (Å²) in [5, 5.41) is 2.46. The lowest BCUT2D eigenvalue weighted by molar-refractivity contribution is -0.124. The van der Waals surface area contributed by atoms with Gasteiger partial charge in [-0.2, -0.15) is 0 Å². The molecule has 5 nitrogen and oxygen atoms in total. The number of hydrogen-bond donors (Lipinski definition) is 1. The van der Waals surface area contributed by atoms with Crippen LogP contribution in [0, 0.1) is 6.92 Å². The van der Waals surface area contributed by atoms with Crippen molar-refractivity contribution in [3.8, 4) is 0 Å². The number of carbonyl (C=O) groups is 3. The molecule has 1 heterocycles. The third-order valence-electron chi connectivity index (χ3n) is 2.83. The first-order valence-electron chi connectivity index (χ1n) is 6.00. The number of aryl methyl sites for hydroxylation is 1. The summed E-state index contributed by atoms with van der Waals surface area (Å²) >= 11 is 4.32. The Hall–Kier alpha value is -1.34. The highest BCUT2D eigenvalue weighted by Crippen LogP contribution is 2.19. The van der Waals surface area contributed by atoms with Crippen LogP contribution in [-0.4, -0.2) is 40.8 Å². The van der Waals surface area contributed by atoms with E-state index >= 15 is 0 Å². The van der Waals surface area contributed by atoms with Crippen LogP contribution in [0.5, 0.6) is 0 Å². The Kier molecular flexibility index (Phi) is 4.82. The van der Waals surface area contributed by atoms with Gasteiger partial charge in [0.2, 0.25) is 5.91 Å². The van der Waals surface area contributed by atoms with Gasteiger partial charge >= 0.3 is 0 Å². The molecule has 0 aliphatic carbocycles. The van der Waals surface area contributed by atoms with Gasteiger partial charge in [-0.3, -0.25) is 19.3 Å². The van der Waals surface area contributed by atoms with Crippen molar-refractivity contribution in [1.29, 1.82) is 0 Å². The maximum Gasteiger partial charge on any atom is 0.288 e. The lowest BCUT2D eigenvalue weighted by Gasteiger charge is -2.13. The molecule has 0 aromatic heterocycles. The van der Waals surface area contributed by atoms with Gasteiger partial charge < -0.3 is 5.32 Å². The van der Waals surface area contributed by atoms with Crippen molar-refractivity contribution in [2.45, 2.75) is 6.92 Å². The summed E-state index contributed by atoms with van der Waals surface area (Å²) in [6.45, 7) is 2.36. The minimum atomic E-state index is -0.249. The largest absolute Gasteiger partial charge is 0.350 e. The summed E-state index contributed by atoms with van der Waals surface area (Å²) in [6.07, 6.45) is 0. The lowest BCUT2D eigenvalue weighted by Crippen LogP contribution is -2.37. The van der Waals surface area contributed by atoms with Gasteiger partial charge in [-0.1, -0.05) is 23.4 Å². The molecule has 0 atom stereocenters. The second kappa shape index (κ2) is 6.41. The average molecular weight is 357 g/mol. The van der Waals surface area contributed by atoms with Crippen LogP contribution in [0.25, 0.3) is 0 Å². The van der Waals surface area contributed by atoms with E-state index in [1.807, 2.05) is 19.1 Å². The Morgan fingerprint density at radius 2 is 2.20 bits per heavy atom. The molecule has 2 rings (SSSR count). The standard InChI is InChI=1S/C13H13BrN2O3S/c1-8-2-3-10(14)9(6-8)12(18)15-4-5-16-11(17)7-20-13(16)19/h2-3,6H,4-5,7H2,1H3,(H,15,18). The zero-order chi connectivity index (χ0) is 14.7. The molecule has 1 fully saturated rings. The molecular formula is C13H13BrN2O3S. The van der Waals surface area contributed by atoms with E-state index in [0.717, 1.165) is 22.2 Å². The Labute approximate surface area is 129 Å². The van der Waals surface area contributed by atoms with E-state index in [1.165, 1.54) is 0 Å². The van der Waals surface area contributed by atoms with E-state index < -0.39 is 0 Å². The Morgan fingerprint density at radius 3 is 2.85 bits per heavy atom. The highest BCUT2D eigenvalue weighted by molar-refractivity contribution is 9.10. The summed E-state index contributed by atoms with van der Waals surface area (Å²) < 4.78 is 0.712. The van der Waals surface area contributed by atoms with E-state index in [0.29, 0.717) is 10.0 Å². The van der Waals surface area contributed by atoms with Crippen LogP contribution < -0.4 is 5.32 Å². The van der Waals surface area contributed by atoms with Crippen LogP contribution in [-0.2, 0) is 4.79 Å². The van der Waals surface area contributed by atoms with Crippen LogP contribution in [0.15, 0.2) is 22.7 Å². The van der Waals surface area contributed by atoms with Crippen LogP contribution in [0.4, 0.5) is 4.79 Å². The fraction of sp³-hybridized carbons (Fsp3) is 0.308. The molecule has 1 N–H and O–H groups in total. The number of hydrogen-bond acceptors (Lipinski definition) is 4. The molecule has 0 bridgehead atoms. The molecule has 1 aliphatic heterocycles. The number of benzene rings is 1. The van der Waals surface area contributed by atoms with Crippen LogP contribution in [0.1, 0.15) is 15.9 Å². The topological polar surface area (TPSA) is 66.5 Å². The van der Waals surface area contributed by atoms with Crippen molar-refractivity contribution >= 4 is 44.7 Å². The van der Waals surface area contributed by atoms with E-state index in [-0.39, 0.29) is 35.9 Å². The summed E-state index contributed by atoms with van der Waals surface area (Å²) in [4.78, 5) is 36.0. The first-order chi connectivity index (χ1) is 9.49. The first kappa shape index (κ1) is 15.1. The summed E-state index contributed by atoms with van der Waals surface area (Å²) in [5.41, 5.74) is 1.53. The van der Waals surface area contributed by atoms with E-state index in [9.17, 15) is 14.4 Å². The Morgan fingerprint density at radius 1 is 1.45 bits per heavy atom. The van der Waals surface area contributed by atoms with Crippen molar-refractivity contribution in [3.63, 3.8) is 0 Å². The lowest BCUT2D eigenvalue weighted by atomic mass is 10.1. The van der Waals surface area contributed by atoms with Gasteiger partial charge in [-0.05, 0) is 35.0 Å². The summed E-state index contributed by atoms with van der Waals surface area (Å²) in [5.74, 6) is -0.241. The zero-order valence-electron chi connectivity index (χ0n) is 10.8. The molecule has 7 heteroatoms. The van der Waals surface area contributed by atoms with Crippen LogP contribution in [0.2, 0.25) is 0 Å². The molecule has 1 aromatic carbocycles. The predicted molar refractivity (Wildman–Crippen MR) is 80.8 cm³/mol. The Bertz CT molecular complexity index is 561. The van der Waals surface area contributed by atoms with Crippen molar-refractivity contribution in [3.05, 3.63) is 33.8 Å². The van der Waals surface area contributed by atoms with E-state index in [2.05, 4.69) is 21.2 Å². The number of carbonyl (C=O) groups excluding carboxylic acids is 3. The van der Waals surface area contributed by atoms with Gasteiger partial charge in [-0.25, -0.2) is 0 Å². The fourth-order valence-electron chi connectivity index (χ4n) is 1.79. The Balaban J connectivity index is 1.91. The number of nitrogens with one attached hydrogen (secondary N) is 1. The average Bonchev–Trinajstić information content (AvgIpc) is 2.73. The number of amides is 3. The molecule has 0 unspecified atom stereocenters. The fourth-order valence-corrected chi connectivity index (χ4v) is 2.97. The third kappa shape index (κ3) is 3.40. The van der Waals surface area contributed by atoms with Gasteiger partial charge in [-0.15, -0.1) is 0 Å². The summed E-state index contributed by atoms with van der Waals surface area (Å²) in [7, 11) is 0. The van der Waals surface area contributed by atoms with Crippen molar-refractivity contribution in [2.24, 2.45) is 0 Å². The minimum Gasteiger partial charge on any atom is -0.350 e. The van der Waals surface area contributed by atoms with Crippen LogP contribution in [0.3, 0.4) is 0 Å². The first-order valence-corrected chi connectivity index (χ1v) is 7.78. The van der Waals surface area contributed by atoms with Crippen molar-refractivity contribution < 1.29 is 14.4 Å². The van der Waals surface area contributed by atoms with Crippen molar-refractivity contribution in [2.75, 3.05) is 18.8 Å². The van der Waals surface area contributed by atoms with E-state index in [1.54, 1.807) is 6.07 Å². The summed E-state index contributed by atoms with van der Waals surface area (Å²) in [6, 6.07) is 5.50. The number of halogens is 1. The molecule has 20 heavy (non-hydrogen) atoms. The van der Waals surface area contributed by atoms with Gasteiger partial charge in [0.15, 0.2) is 0 Å². The van der Waals surface area contributed by atoms with Gasteiger partial charge in [0.05, 0.1) is 11.3 Å². The molecule has 0 saturated carbocycles. The number of rotatable bonds is 4. The number of nitrogens with zero attached hydrogens (tertiary/aromatic N) is 1. The SMILES string of the molecule is Cc1ccc(Br)c(C(=O)NCCN2C(=O)CSC2=O)c1. The molecular weight excluding hydrogens is 344 g/mol. The molecule has 106 valence electrons. The monoisotopic (exact) mass is 356 g/mol. The molecule has 1 aliphatic rings. The quantitative estimate of drug-likeness (QED) is 0.897. The molecule has 0 radical (unpaired) electrons. The molecule has 3 amide bonds. The smallest absolute Gasteiger partial charge is 0.288 e. The number of imide groups is 1. The van der Waals surface area contributed by atoms with Gasteiger partial charge in [0.1, 0.15) is 0 Å².